The van der Waals surface area contributed by atoms with E-state index in [4.69, 9.17) is 10.5 Å². The van der Waals surface area contributed by atoms with E-state index in [-0.39, 0.29) is 5.97 Å². The van der Waals surface area contributed by atoms with Gasteiger partial charge in [0.1, 0.15) is 5.03 Å². The highest BCUT2D eigenvalue weighted by Crippen LogP contribution is 2.25. The molecule has 7 heteroatoms. The summed E-state index contributed by atoms with van der Waals surface area (Å²) in [7, 11) is 1.39. The quantitative estimate of drug-likeness (QED) is 0.578. The van der Waals surface area contributed by atoms with Gasteiger partial charge in [-0.2, -0.15) is 0 Å². The van der Waals surface area contributed by atoms with Crippen molar-refractivity contribution in [3.05, 3.63) is 59.3 Å². The molecule has 0 atom stereocenters. The Hall–Kier alpha value is -1.93. The highest BCUT2D eigenvalue weighted by molar-refractivity contribution is 7.98. The molecule has 1 fully saturated rings. The van der Waals surface area contributed by atoms with Crippen LogP contribution in [0.5, 0.6) is 0 Å². The number of aromatic nitrogens is 1. The number of benzene rings is 1. The van der Waals surface area contributed by atoms with Crippen molar-refractivity contribution in [2.24, 2.45) is 5.73 Å². The summed E-state index contributed by atoms with van der Waals surface area (Å²) < 4.78 is 4.74. The zero-order valence-electron chi connectivity index (χ0n) is 15.6. The van der Waals surface area contributed by atoms with Crippen LogP contribution in [0.3, 0.4) is 0 Å². The molecule has 1 saturated heterocycles. The van der Waals surface area contributed by atoms with Crippen LogP contribution in [0.2, 0.25) is 0 Å². The minimum absolute atomic E-state index is 0.309. The first kappa shape index (κ1) is 19.8. The highest BCUT2D eigenvalue weighted by atomic mass is 32.2. The number of methoxy groups -OCH3 is 1. The first-order valence-electron chi connectivity index (χ1n) is 9.08. The van der Waals surface area contributed by atoms with Crippen LogP contribution in [0.15, 0.2) is 47.6 Å². The van der Waals surface area contributed by atoms with Gasteiger partial charge in [0.2, 0.25) is 0 Å². The third kappa shape index (κ3) is 5.52. The fourth-order valence-electron chi connectivity index (χ4n) is 3.05. The van der Waals surface area contributed by atoms with E-state index in [9.17, 15) is 4.79 Å². The van der Waals surface area contributed by atoms with Gasteiger partial charge in [0.05, 0.1) is 12.7 Å². The minimum atomic E-state index is -0.309. The van der Waals surface area contributed by atoms with Crippen LogP contribution >= 0.6 is 11.8 Å². The number of piperazine rings is 1. The number of nitrogens with two attached hydrogens (primary N) is 1. The highest BCUT2D eigenvalue weighted by Gasteiger charge is 2.17. The number of nitrogens with zero attached hydrogens (tertiary/aromatic N) is 3. The molecule has 144 valence electrons. The summed E-state index contributed by atoms with van der Waals surface area (Å²) in [4.78, 5) is 20.8. The van der Waals surface area contributed by atoms with Crippen molar-refractivity contribution in [3.63, 3.8) is 0 Å². The number of pyridine rings is 1. The monoisotopic (exact) mass is 386 g/mol. The number of esters is 1. The SMILES string of the molecule is COC(=O)c1ccc(CSc2ncccc2CN2CCN(CN)CC2)cc1. The minimum Gasteiger partial charge on any atom is -0.465 e. The Morgan fingerprint density at radius 3 is 2.52 bits per heavy atom. The number of hydrogen-bond donors (Lipinski definition) is 1. The molecular formula is C20H26N4O2S. The van der Waals surface area contributed by atoms with E-state index >= 15 is 0 Å². The lowest BCUT2D eigenvalue weighted by Gasteiger charge is -2.34. The molecule has 1 aromatic carbocycles. The van der Waals surface area contributed by atoms with Crippen molar-refractivity contribution in [1.82, 2.24) is 14.8 Å². The molecule has 2 heterocycles. The lowest BCUT2D eigenvalue weighted by molar-refractivity contribution is 0.0600. The second kappa shape index (κ2) is 9.85. The maximum atomic E-state index is 11.5. The van der Waals surface area contributed by atoms with Crippen molar-refractivity contribution in [3.8, 4) is 0 Å². The van der Waals surface area contributed by atoms with Crippen LogP contribution in [0.1, 0.15) is 21.5 Å². The number of carbonyl (C=O) groups excluding carboxylic acids is 1. The summed E-state index contributed by atoms with van der Waals surface area (Å²) in [5.74, 6) is 0.503. The maximum Gasteiger partial charge on any atom is 0.337 e. The van der Waals surface area contributed by atoms with E-state index in [1.165, 1.54) is 12.7 Å². The molecule has 27 heavy (non-hydrogen) atoms. The van der Waals surface area contributed by atoms with Gasteiger partial charge < -0.3 is 10.5 Å². The average molecular weight is 387 g/mol. The molecule has 0 bridgehead atoms. The molecule has 0 radical (unpaired) electrons. The maximum absolute atomic E-state index is 11.5. The molecule has 0 aliphatic carbocycles. The summed E-state index contributed by atoms with van der Waals surface area (Å²) in [5, 5.41) is 1.07. The fraction of sp³-hybridized carbons (Fsp3) is 0.400. The van der Waals surface area contributed by atoms with Crippen molar-refractivity contribution >= 4 is 17.7 Å². The topological polar surface area (TPSA) is 71.7 Å². The lowest BCUT2D eigenvalue weighted by Crippen LogP contribution is -2.47. The van der Waals surface area contributed by atoms with E-state index in [0.29, 0.717) is 12.2 Å². The van der Waals surface area contributed by atoms with Gasteiger partial charge in [-0.15, -0.1) is 11.8 Å². The van der Waals surface area contributed by atoms with Gasteiger partial charge in [0, 0.05) is 51.3 Å². The molecule has 6 nitrogen and oxygen atoms in total. The van der Waals surface area contributed by atoms with Crippen LogP contribution in [0, 0.1) is 0 Å². The Kier molecular flexibility index (Phi) is 7.23. The molecule has 0 saturated carbocycles. The van der Waals surface area contributed by atoms with Crippen molar-refractivity contribution in [2.75, 3.05) is 40.0 Å². The van der Waals surface area contributed by atoms with Gasteiger partial charge in [-0.05, 0) is 29.3 Å². The molecule has 1 aromatic heterocycles. The van der Waals surface area contributed by atoms with Gasteiger partial charge in [-0.1, -0.05) is 18.2 Å². The molecule has 1 aliphatic rings. The average Bonchev–Trinajstić information content (AvgIpc) is 2.73. The summed E-state index contributed by atoms with van der Waals surface area (Å²) in [6.45, 7) is 5.65. The van der Waals surface area contributed by atoms with E-state index in [1.54, 1.807) is 23.9 Å². The molecule has 1 aliphatic heterocycles. The lowest BCUT2D eigenvalue weighted by atomic mass is 10.1. The molecule has 2 N–H and O–H groups in total. The zero-order valence-corrected chi connectivity index (χ0v) is 16.5. The van der Waals surface area contributed by atoms with Crippen molar-refractivity contribution in [2.45, 2.75) is 17.3 Å². The fourth-order valence-corrected chi connectivity index (χ4v) is 4.00. The second-order valence-corrected chi connectivity index (χ2v) is 7.49. The number of rotatable bonds is 7. The van der Waals surface area contributed by atoms with E-state index < -0.39 is 0 Å². The van der Waals surface area contributed by atoms with Gasteiger partial charge in [-0.25, -0.2) is 9.78 Å². The van der Waals surface area contributed by atoms with Crippen molar-refractivity contribution < 1.29 is 9.53 Å². The Bertz CT molecular complexity index is 746. The Morgan fingerprint density at radius 1 is 1.15 bits per heavy atom. The van der Waals surface area contributed by atoms with Gasteiger partial charge in [0.25, 0.3) is 0 Å². The van der Waals surface area contributed by atoms with Gasteiger partial charge >= 0.3 is 5.97 Å². The third-order valence-corrected chi connectivity index (χ3v) is 5.84. The summed E-state index contributed by atoms with van der Waals surface area (Å²) in [6.07, 6.45) is 1.85. The summed E-state index contributed by atoms with van der Waals surface area (Å²) in [6, 6.07) is 11.7. The summed E-state index contributed by atoms with van der Waals surface area (Å²) >= 11 is 1.73. The number of hydrogen-bond acceptors (Lipinski definition) is 7. The van der Waals surface area contributed by atoms with Crippen LogP contribution in [0.25, 0.3) is 0 Å². The second-order valence-electron chi connectivity index (χ2n) is 6.52. The van der Waals surface area contributed by atoms with E-state index in [1.807, 2.05) is 24.4 Å². The van der Waals surface area contributed by atoms with Gasteiger partial charge in [-0.3, -0.25) is 9.80 Å². The van der Waals surface area contributed by atoms with E-state index in [0.717, 1.165) is 49.1 Å². The smallest absolute Gasteiger partial charge is 0.337 e. The standard InChI is InChI=1S/C20H26N4O2S/c1-26-20(25)17-6-4-16(5-7-17)14-27-19-18(3-2-8-22-19)13-23-9-11-24(15-21)12-10-23/h2-8H,9-15,21H2,1H3. The largest absolute Gasteiger partial charge is 0.465 e. The van der Waals surface area contributed by atoms with Gasteiger partial charge in [0.15, 0.2) is 0 Å². The Morgan fingerprint density at radius 2 is 1.85 bits per heavy atom. The first-order chi connectivity index (χ1) is 13.2. The molecule has 0 spiro atoms. The van der Waals surface area contributed by atoms with Crippen LogP contribution < -0.4 is 5.73 Å². The van der Waals surface area contributed by atoms with Crippen molar-refractivity contribution in [1.29, 1.82) is 0 Å². The summed E-state index contributed by atoms with van der Waals surface area (Å²) in [5.41, 5.74) is 8.71. The van der Waals surface area contributed by atoms with Crippen LogP contribution in [0.4, 0.5) is 0 Å². The number of ether oxygens (including phenoxy) is 1. The normalized spacial score (nSPS) is 15.6. The van der Waals surface area contributed by atoms with E-state index in [2.05, 4.69) is 20.9 Å². The molecular weight excluding hydrogens is 360 g/mol. The molecule has 2 aromatic rings. The zero-order chi connectivity index (χ0) is 19.1. The predicted octanol–water partition coefficient (Wildman–Crippen LogP) is 2.19. The van der Waals surface area contributed by atoms with Crippen LogP contribution in [-0.2, 0) is 17.0 Å². The Labute approximate surface area is 164 Å². The molecule has 0 amide bonds. The Balaban J connectivity index is 1.58. The molecule has 3 rings (SSSR count). The number of carbonyl (C=O) groups is 1. The predicted molar refractivity (Wildman–Crippen MR) is 107 cm³/mol. The first-order valence-corrected chi connectivity index (χ1v) is 10.1. The van der Waals surface area contributed by atoms with Crippen LogP contribution in [-0.4, -0.2) is 60.7 Å². The third-order valence-electron chi connectivity index (χ3n) is 4.72. The molecule has 0 unspecified atom stereocenters. The number of thioether (sulfide) groups is 1.